The molecule has 2 N–H and O–H groups in total. The average molecular weight is 506 g/mol. The number of rotatable bonds is 6. The maximum Gasteiger partial charge on any atom is 0.235 e. The van der Waals surface area contributed by atoms with Crippen LogP contribution in [0.5, 0.6) is 5.75 Å². The largest absolute Gasteiger partial charge is 0.497 e. The minimum absolute atomic E-state index is 0.0784. The number of anilines is 1. The van der Waals surface area contributed by atoms with Crippen molar-refractivity contribution < 1.29 is 9.53 Å². The molecule has 0 radical (unpaired) electrons. The third-order valence-corrected chi connectivity index (χ3v) is 8.46. The molecule has 0 bridgehead atoms. The van der Waals surface area contributed by atoms with Gasteiger partial charge in [-0.05, 0) is 85.5 Å². The number of benzene rings is 2. The van der Waals surface area contributed by atoms with Gasteiger partial charge < -0.3 is 10.1 Å². The molecular weight excluding hydrogens is 474 g/mol. The number of aromatic nitrogens is 3. The van der Waals surface area contributed by atoms with Gasteiger partial charge in [0.2, 0.25) is 5.91 Å². The van der Waals surface area contributed by atoms with E-state index in [1.54, 1.807) is 7.11 Å². The molecule has 1 unspecified atom stereocenters. The maximum atomic E-state index is 13.0. The van der Waals surface area contributed by atoms with Crippen LogP contribution in [0.25, 0.3) is 23.1 Å². The van der Waals surface area contributed by atoms with Crippen LogP contribution >= 0.6 is 0 Å². The molecule has 3 aliphatic rings. The van der Waals surface area contributed by atoms with E-state index < -0.39 is 5.41 Å². The second-order valence-corrected chi connectivity index (χ2v) is 10.8. The van der Waals surface area contributed by atoms with Gasteiger partial charge in [0.25, 0.3) is 0 Å². The Balaban J connectivity index is 1.08. The van der Waals surface area contributed by atoms with Crippen molar-refractivity contribution in [2.75, 3.05) is 25.5 Å². The zero-order valence-corrected chi connectivity index (χ0v) is 21.5. The van der Waals surface area contributed by atoms with E-state index in [2.05, 4.69) is 61.8 Å². The van der Waals surface area contributed by atoms with E-state index in [1.165, 1.54) is 32.4 Å². The van der Waals surface area contributed by atoms with Crippen LogP contribution in [0.4, 0.5) is 5.69 Å². The number of nitrogens with one attached hydrogen (secondary N) is 2. The lowest BCUT2D eigenvalue weighted by atomic mass is 9.91. The van der Waals surface area contributed by atoms with Gasteiger partial charge in [-0.25, -0.2) is 0 Å². The van der Waals surface area contributed by atoms with Gasteiger partial charge in [0.1, 0.15) is 5.75 Å². The summed E-state index contributed by atoms with van der Waals surface area (Å²) in [5, 5.41) is 11.9. The number of ether oxygens (including phenoxy) is 1. The highest BCUT2D eigenvalue weighted by Gasteiger charge is 2.65. The topological polar surface area (TPSA) is 83.1 Å². The summed E-state index contributed by atoms with van der Waals surface area (Å²) >= 11 is 0. The minimum atomic E-state index is -0.506. The normalized spacial score (nSPS) is 22.8. The second kappa shape index (κ2) is 9.10. The highest BCUT2D eigenvalue weighted by Crippen LogP contribution is 2.65. The first kappa shape index (κ1) is 23.2. The van der Waals surface area contributed by atoms with Crippen molar-refractivity contribution in [3.8, 4) is 5.75 Å². The van der Waals surface area contributed by atoms with Crippen LogP contribution in [0, 0.1) is 0 Å². The second-order valence-electron chi connectivity index (χ2n) is 10.8. The van der Waals surface area contributed by atoms with Crippen LogP contribution in [-0.2, 0) is 16.8 Å². The summed E-state index contributed by atoms with van der Waals surface area (Å²) in [4.78, 5) is 20.2. The first-order chi connectivity index (χ1) is 18.6. The Labute approximate surface area is 221 Å². The van der Waals surface area contributed by atoms with E-state index in [9.17, 15) is 4.79 Å². The van der Waals surface area contributed by atoms with E-state index in [-0.39, 0.29) is 11.8 Å². The lowest BCUT2D eigenvalue weighted by Gasteiger charge is -2.25. The zero-order valence-electron chi connectivity index (χ0n) is 21.5. The molecule has 2 atom stereocenters. The number of methoxy groups -OCH3 is 1. The van der Waals surface area contributed by atoms with E-state index in [0.29, 0.717) is 0 Å². The highest BCUT2D eigenvalue weighted by atomic mass is 16.5. The van der Waals surface area contributed by atoms with Crippen molar-refractivity contribution in [2.45, 2.75) is 43.6 Å². The van der Waals surface area contributed by atoms with Crippen LogP contribution in [0.2, 0.25) is 0 Å². The SMILES string of the molecule is COc1ccc2c(c1)[C@]1(CC1c1ccc3c(C=Cc4ccc(CN5CCCCC5)nc4)n[nH]c3c1)C(=O)N2. The van der Waals surface area contributed by atoms with E-state index in [0.717, 1.165) is 63.4 Å². The van der Waals surface area contributed by atoms with Gasteiger partial charge in [-0.3, -0.25) is 19.8 Å². The molecule has 7 rings (SSSR count). The van der Waals surface area contributed by atoms with Crippen LogP contribution in [0.1, 0.15) is 59.7 Å². The predicted octanol–water partition coefficient (Wildman–Crippen LogP) is 5.50. The van der Waals surface area contributed by atoms with Crippen molar-refractivity contribution >= 4 is 34.6 Å². The van der Waals surface area contributed by atoms with Crippen LogP contribution in [-0.4, -0.2) is 46.2 Å². The molecule has 7 nitrogen and oxygen atoms in total. The van der Waals surface area contributed by atoms with Gasteiger partial charge in [0.05, 0.1) is 29.4 Å². The van der Waals surface area contributed by atoms with Crippen molar-refractivity contribution in [3.05, 3.63) is 82.8 Å². The Morgan fingerprint density at radius 2 is 1.97 bits per heavy atom. The molecule has 38 heavy (non-hydrogen) atoms. The maximum absolute atomic E-state index is 13.0. The number of H-pyrrole nitrogens is 1. The smallest absolute Gasteiger partial charge is 0.235 e. The molecule has 2 aliphatic heterocycles. The summed E-state index contributed by atoms with van der Waals surface area (Å²) in [6.45, 7) is 3.28. The molecule has 2 aromatic carbocycles. The third kappa shape index (κ3) is 3.89. The number of amides is 1. The van der Waals surface area contributed by atoms with Crippen molar-refractivity contribution in [1.82, 2.24) is 20.1 Å². The minimum Gasteiger partial charge on any atom is -0.497 e. The van der Waals surface area contributed by atoms with Gasteiger partial charge in [0.15, 0.2) is 0 Å². The number of aromatic amines is 1. The lowest BCUT2D eigenvalue weighted by Crippen LogP contribution is -2.29. The number of hydrogen-bond acceptors (Lipinski definition) is 5. The molecule has 1 spiro atoms. The Morgan fingerprint density at radius 3 is 2.79 bits per heavy atom. The number of carbonyl (C=O) groups is 1. The Morgan fingerprint density at radius 1 is 1.08 bits per heavy atom. The van der Waals surface area contributed by atoms with E-state index in [4.69, 9.17) is 4.74 Å². The zero-order chi connectivity index (χ0) is 25.7. The fourth-order valence-electron chi connectivity index (χ4n) is 6.25. The van der Waals surface area contributed by atoms with Gasteiger partial charge in [-0.15, -0.1) is 0 Å². The van der Waals surface area contributed by atoms with Gasteiger partial charge in [-0.1, -0.05) is 30.7 Å². The standard InChI is InChI=1S/C31H31N5O2/c1-38-23-9-12-28-25(16-23)31(30(37)33-28)17-26(31)21-7-10-24-27(34-35-29(24)15-21)11-6-20-5-8-22(32-18-20)19-36-13-3-2-4-14-36/h5-12,15-16,18,26H,2-4,13-14,17,19H2,1H3,(H,33,37)(H,34,35)/t26?,31-/m0/s1. The molecule has 192 valence electrons. The summed E-state index contributed by atoms with van der Waals surface area (Å²) < 4.78 is 5.42. The highest BCUT2D eigenvalue weighted by molar-refractivity contribution is 6.10. The van der Waals surface area contributed by atoms with Gasteiger partial charge in [0, 0.05) is 29.7 Å². The van der Waals surface area contributed by atoms with Gasteiger partial charge >= 0.3 is 0 Å². The molecular formula is C31H31N5O2. The average Bonchev–Trinajstić information content (AvgIpc) is 3.50. The molecule has 1 saturated heterocycles. The third-order valence-electron chi connectivity index (χ3n) is 8.46. The van der Waals surface area contributed by atoms with Gasteiger partial charge in [-0.2, -0.15) is 5.10 Å². The quantitative estimate of drug-likeness (QED) is 0.362. The molecule has 1 amide bonds. The van der Waals surface area contributed by atoms with E-state index >= 15 is 0 Å². The number of nitrogens with zero attached hydrogens (tertiary/aromatic N) is 3. The van der Waals surface area contributed by atoms with Crippen molar-refractivity contribution in [1.29, 1.82) is 0 Å². The summed E-state index contributed by atoms with van der Waals surface area (Å²) in [6.07, 6.45) is 10.8. The molecule has 1 aliphatic carbocycles. The van der Waals surface area contributed by atoms with Crippen molar-refractivity contribution in [2.24, 2.45) is 0 Å². The number of piperidine rings is 1. The number of fused-ring (bicyclic) bond motifs is 3. The number of hydrogen-bond donors (Lipinski definition) is 2. The Hall–Kier alpha value is -3.97. The molecule has 4 aromatic rings. The van der Waals surface area contributed by atoms with Crippen LogP contribution < -0.4 is 10.1 Å². The molecule has 1 saturated carbocycles. The number of carbonyl (C=O) groups excluding carboxylic acids is 1. The predicted molar refractivity (Wildman–Crippen MR) is 149 cm³/mol. The first-order valence-electron chi connectivity index (χ1n) is 13.5. The summed E-state index contributed by atoms with van der Waals surface area (Å²) in [5.41, 5.74) is 6.62. The lowest BCUT2D eigenvalue weighted by molar-refractivity contribution is -0.118. The summed E-state index contributed by atoms with van der Waals surface area (Å²) in [6, 6.07) is 16.5. The Kier molecular flexibility index (Phi) is 5.55. The van der Waals surface area contributed by atoms with Crippen LogP contribution in [0.3, 0.4) is 0 Å². The fraction of sp³-hybridized carbons (Fsp3) is 0.323. The summed E-state index contributed by atoms with van der Waals surface area (Å²) in [7, 11) is 1.66. The molecule has 2 fully saturated rings. The van der Waals surface area contributed by atoms with Crippen molar-refractivity contribution in [3.63, 3.8) is 0 Å². The molecule has 4 heterocycles. The van der Waals surface area contributed by atoms with E-state index in [1.807, 2.05) is 30.5 Å². The number of likely N-dealkylation sites (tertiary alicyclic amines) is 1. The van der Waals surface area contributed by atoms with Crippen LogP contribution in [0.15, 0.2) is 54.7 Å². The fourth-order valence-corrected chi connectivity index (χ4v) is 6.25. The Bertz CT molecular complexity index is 1550. The monoisotopic (exact) mass is 505 g/mol. The first-order valence-corrected chi connectivity index (χ1v) is 13.5. The number of pyridine rings is 1. The molecule has 2 aromatic heterocycles. The summed E-state index contributed by atoms with van der Waals surface area (Å²) in [5.74, 6) is 0.990. The molecule has 7 heteroatoms.